The summed E-state index contributed by atoms with van der Waals surface area (Å²) >= 11 is 1.77. The van der Waals surface area contributed by atoms with Gasteiger partial charge in [-0.1, -0.05) is 6.07 Å². The molecule has 1 unspecified atom stereocenters. The lowest BCUT2D eigenvalue weighted by Crippen LogP contribution is -2.28. The number of thiophene rings is 1. The van der Waals surface area contributed by atoms with Crippen LogP contribution in [0.4, 0.5) is 0 Å². The second kappa shape index (κ2) is 5.48. The Bertz CT molecular complexity index is 646. The number of hydrogen-bond donors (Lipinski definition) is 2. The molecule has 3 N–H and O–H groups in total. The van der Waals surface area contributed by atoms with Gasteiger partial charge >= 0.3 is 0 Å². The average molecular weight is 273 g/mol. The van der Waals surface area contributed by atoms with Crippen molar-refractivity contribution in [3.63, 3.8) is 0 Å². The first kappa shape index (κ1) is 12.3. The molecule has 3 heterocycles. The van der Waals surface area contributed by atoms with Crippen LogP contribution in [0.15, 0.2) is 42.3 Å². The van der Waals surface area contributed by atoms with E-state index in [1.165, 1.54) is 4.88 Å². The molecular formula is C13H15N5S. The first-order chi connectivity index (χ1) is 9.38. The van der Waals surface area contributed by atoms with Gasteiger partial charge in [-0.3, -0.25) is 16.3 Å². The fourth-order valence-electron chi connectivity index (χ4n) is 2.19. The lowest BCUT2D eigenvalue weighted by molar-refractivity contribution is 0.521. The molecule has 0 amide bonds. The van der Waals surface area contributed by atoms with Crippen LogP contribution in [0.5, 0.6) is 0 Å². The van der Waals surface area contributed by atoms with E-state index in [4.69, 9.17) is 5.84 Å². The number of hydrogen-bond acceptors (Lipinski definition) is 5. The first-order valence-corrected chi connectivity index (χ1v) is 7.02. The molecule has 3 aromatic heterocycles. The second-order valence-electron chi connectivity index (χ2n) is 4.34. The van der Waals surface area contributed by atoms with Crippen LogP contribution in [-0.4, -0.2) is 14.6 Å². The summed E-state index contributed by atoms with van der Waals surface area (Å²) in [7, 11) is 0. The lowest BCUT2D eigenvalue weighted by Gasteiger charge is -2.14. The molecule has 0 radical (unpaired) electrons. The largest absolute Gasteiger partial charge is 0.271 e. The van der Waals surface area contributed by atoms with Crippen molar-refractivity contribution in [1.29, 1.82) is 0 Å². The molecular weight excluding hydrogens is 258 g/mol. The van der Waals surface area contributed by atoms with Crippen molar-refractivity contribution in [2.75, 3.05) is 0 Å². The van der Waals surface area contributed by atoms with E-state index in [-0.39, 0.29) is 6.04 Å². The normalized spacial score (nSPS) is 12.9. The standard InChI is InChI=1S/C13H15N5S/c14-17-12(4-3-10-2-1-7-19-10)11-8-16-18-6-5-15-9-13(11)18/h1-2,5-9,12,17H,3-4,14H2. The Morgan fingerprint density at radius 2 is 2.37 bits per heavy atom. The molecule has 0 spiro atoms. The fourth-order valence-corrected chi connectivity index (χ4v) is 2.92. The minimum absolute atomic E-state index is 0.0869. The molecule has 0 aromatic carbocycles. The summed E-state index contributed by atoms with van der Waals surface area (Å²) in [5, 5.41) is 6.41. The molecule has 98 valence electrons. The highest BCUT2D eigenvalue weighted by Gasteiger charge is 2.15. The van der Waals surface area contributed by atoms with Gasteiger partial charge in [-0.15, -0.1) is 11.3 Å². The highest BCUT2D eigenvalue weighted by molar-refractivity contribution is 7.09. The number of nitrogens with two attached hydrogens (primary N) is 1. The highest BCUT2D eigenvalue weighted by atomic mass is 32.1. The summed E-state index contributed by atoms with van der Waals surface area (Å²) in [6.07, 6.45) is 9.18. The van der Waals surface area contributed by atoms with Gasteiger partial charge in [-0.2, -0.15) is 5.10 Å². The maximum Gasteiger partial charge on any atom is 0.0893 e. The molecule has 0 aliphatic heterocycles. The maximum atomic E-state index is 5.69. The molecule has 0 saturated carbocycles. The van der Waals surface area contributed by atoms with Crippen molar-refractivity contribution >= 4 is 16.9 Å². The molecule has 0 bridgehead atoms. The fraction of sp³-hybridized carbons (Fsp3) is 0.231. The van der Waals surface area contributed by atoms with Gasteiger partial charge in [0, 0.05) is 22.8 Å². The zero-order valence-corrected chi connectivity index (χ0v) is 11.2. The molecule has 1 atom stereocenters. The lowest BCUT2D eigenvalue weighted by atomic mass is 10.0. The van der Waals surface area contributed by atoms with E-state index in [0.717, 1.165) is 23.9 Å². The maximum absolute atomic E-state index is 5.69. The summed E-state index contributed by atoms with van der Waals surface area (Å²) in [6.45, 7) is 0. The quantitative estimate of drug-likeness (QED) is 0.550. The van der Waals surface area contributed by atoms with E-state index in [1.807, 2.05) is 23.1 Å². The summed E-state index contributed by atoms with van der Waals surface area (Å²) in [5.74, 6) is 5.69. The van der Waals surface area contributed by atoms with Crippen LogP contribution in [-0.2, 0) is 6.42 Å². The Hall–Kier alpha value is -1.76. The van der Waals surface area contributed by atoms with E-state index >= 15 is 0 Å². The molecule has 5 nitrogen and oxygen atoms in total. The monoisotopic (exact) mass is 273 g/mol. The van der Waals surface area contributed by atoms with Crippen molar-refractivity contribution < 1.29 is 0 Å². The van der Waals surface area contributed by atoms with E-state index in [0.29, 0.717) is 0 Å². The van der Waals surface area contributed by atoms with Crippen LogP contribution in [0, 0.1) is 0 Å². The van der Waals surface area contributed by atoms with E-state index in [1.54, 1.807) is 17.5 Å². The van der Waals surface area contributed by atoms with Crippen LogP contribution in [0.3, 0.4) is 0 Å². The summed E-state index contributed by atoms with van der Waals surface area (Å²) < 4.78 is 1.82. The topological polar surface area (TPSA) is 68.2 Å². The number of rotatable bonds is 5. The number of hydrazine groups is 1. The van der Waals surface area contributed by atoms with Crippen LogP contribution in [0.2, 0.25) is 0 Å². The average Bonchev–Trinajstić information content (AvgIpc) is 3.09. The molecule has 3 rings (SSSR count). The summed E-state index contributed by atoms with van der Waals surface area (Å²) in [6, 6.07) is 4.31. The van der Waals surface area contributed by atoms with Gasteiger partial charge < -0.3 is 0 Å². The van der Waals surface area contributed by atoms with Gasteiger partial charge in [-0.05, 0) is 24.3 Å². The number of aryl methyl sites for hydroxylation is 1. The summed E-state index contributed by atoms with van der Waals surface area (Å²) in [5.41, 5.74) is 4.97. The Morgan fingerprint density at radius 3 is 3.16 bits per heavy atom. The zero-order valence-electron chi connectivity index (χ0n) is 10.4. The van der Waals surface area contributed by atoms with Crippen LogP contribution in [0.1, 0.15) is 22.9 Å². The number of nitrogens with one attached hydrogen (secondary N) is 1. The van der Waals surface area contributed by atoms with Crippen LogP contribution >= 0.6 is 11.3 Å². The minimum Gasteiger partial charge on any atom is -0.271 e. The van der Waals surface area contributed by atoms with Gasteiger partial charge in [0.2, 0.25) is 0 Å². The van der Waals surface area contributed by atoms with Crippen molar-refractivity contribution in [3.05, 3.63) is 52.7 Å². The Balaban J connectivity index is 1.81. The van der Waals surface area contributed by atoms with Gasteiger partial charge in [0.15, 0.2) is 0 Å². The molecule has 0 saturated heterocycles. The number of nitrogens with zero attached hydrogens (tertiary/aromatic N) is 3. The molecule has 0 aliphatic rings. The van der Waals surface area contributed by atoms with Crippen molar-refractivity contribution in [1.82, 2.24) is 20.0 Å². The number of aromatic nitrogens is 3. The third-order valence-corrected chi connectivity index (χ3v) is 4.13. The second-order valence-corrected chi connectivity index (χ2v) is 5.38. The van der Waals surface area contributed by atoms with Gasteiger partial charge in [0.1, 0.15) is 0 Å². The van der Waals surface area contributed by atoms with E-state index in [9.17, 15) is 0 Å². The molecule has 19 heavy (non-hydrogen) atoms. The SMILES string of the molecule is NNC(CCc1cccs1)c1cnn2ccncc12. The third-order valence-electron chi connectivity index (χ3n) is 3.19. The molecule has 0 fully saturated rings. The smallest absolute Gasteiger partial charge is 0.0893 e. The predicted molar refractivity (Wildman–Crippen MR) is 75.7 cm³/mol. The zero-order chi connectivity index (χ0) is 13.1. The third kappa shape index (κ3) is 2.51. The van der Waals surface area contributed by atoms with E-state index in [2.05, 4.69) is 33.0 Å². The molecule has 3 aromatic rings. The van der Waals surface area contributed by atoms with Crippen LogP contribution < -0.4 is 11.3 Å². The van der Waals surface area contributed by atoms with Crippen molar-refractivity contribution in [3.8, 4) is 0 Å². The van der Waals surface area contributed by atoms with Crippen LogP contribution in [0.25, 0.3) is 5.52 Å². The van der Waals surface area contributed by atoms with Gasteiger partial charge in [0.05, 0.1) is 24.0 Å². The molecule has 6 heteroatoms. The van der Waals surface area contributed by atoms with E-state index < -0.39 is 0 Å². The first-order valence-electron chi connectivity index (χ1n) is 6.14. The molecule has 0 aliphatic carbocycles. The highest BCUT2D eigenvalue weighted by Crippen LogP contribution is 2.23. The minimum atomic E-state index is 0.0869. The van der Waals surface area contributed by atoms with Gasteiger partial charge in [0.25, 0.3) is 0 Å². The number of fused-ring (bicyclic) bond motifs is 1. The van der Waals surface area contributed by atoms with Gasteiger partial charge in [-0.25, -0.2) is 4.52 Å². The summed E-state index contributed by atoms with van der Waals surface area (Å²) in [4.78, 5) is 5.52. The van der Waals surface area contributed by atoms with Crippen molar-refractivity contribution in [2.24, 2.45) is 5.84 Å². The predicted octanol–water partition coefficient (Wildman–Crippen LogP) is 1.93. The Labute approximate surface area is 115 Å². The Kier molecular flexibility index (Phi) is 3.54. The Morgan fingerprint density at radius 1 is 1.42 bits per heavy atom. The van der Waals surface area contributed by atoms with Crippen molar-refractivity contribution in [2.45, 2.75) is 18.9 Å².